The van der Waals surface area contributed by atoms with Crippen LogP contribution < -0.4 is 5.32 Å². The molecule has 0 aromatic heterocycles. The maximum Gasteiger partial charge on any atom is 0.00192 e. The van der Waals surface area contributed by atoms with Gasteiger partial charge >= 0.3 is 0 Å². The van der Waals surface area contributed by atoms with E-state index in [1.165, 1.54) is 39.0 Å². The topological polar surface area (TPSA) is 15.3 Å². The van der Waals surface area contributed by atoms with Crippen molar-refractivity contribution in [3.05, 3.63) is 0 Å². The highest BCUT2D eigenvalue weighted by molar-refractivity contribution is 4.74. The Balaban J connectivity index is 2.00. The average Bonchev–Trinajstić information content (AvgIpc) is 2.51. The molecule has 78 valence electrons. The zero-order valence-corrected chi connectivity index (χ0v) is 9.34. The second kappa shape index (κ2) is 5.61. The minimum Gasteiger partial charge on any atom is -0.316 e. The first-order valence-electron chi connectivity index (χ1n) is 5.61. The van der Waals surface area contributed by atoms with Crippen molar-refractivity contribution in [3.8, 4) is 0 Å². The Hall–Kier alpha value is -0.0800. The third-order valence-corrected chi connectivity index (χ3v) is 3.11. The van der Waals surface area contributed by atoms with Gasteiger partial charge in [-0.3, -0.25) is 0 Å². The molecule has 0 aliphatic carbocycles. The van der Waals surface area contributed by atoms with Gasteiger partial charge in [0.15, 0.2) is 0 Å². The standard InChI is InChI=1S/C11H24N2/c1-4-10(2)7-12-8-11-5-6-13(3)9-11/h10-12H,4-9H2,1-3H3. The molecule has 1 N–H and O–H groups in total. The third-order valence-electron chi connectivity index (χ3n) is 3.11. The highest BCUT2D eigenvalue weighted by Gasteiger charge is 2.18. The van der Waals surface area contributed by atoms with Gasteiger partial charge in [-0.1, -0.05) is 20.3 Å². The average molecular weight is 184 g/mol. The van der Waals surface area contributed by atoms with E-state index < -0.39 is 0 Å². The van der Waals surface area contributed by atoms with Crippen molar-refractivity contribution < 1.29 is 0 Å². The fraction of sp³-hybridized carbons (Fsp3) is 1.00. The van der Waals surface area contributed by atoms with Crippen LogP contribution in [0.1, 0.15) is 26.7 Å². The van der Waals surface area contributed by atoms with Gasteiger partial charge in [0.05, 0.1) is 0 Å². The fourth-order valence-corrected chi connectivity index (χ4v) is 1.87. The van der Waals surface area contributed by atoms with Crippen molar-refractivity contribution in [1.82, 2.24) is 10.2 Å². The second-order valence-electron chi connectivity index (χ2n) is 4.59. The van der Waals surface area contributed by atoms with Crippen LogP contribution in [0.15, 0.2) is 0 Å². The Morgan fingerprint density at radius 1 is 1.54 bits per heavy atom. The molecular formula is C11H24N2. The molecule has 0 bridgehead atoms. The van der Waals surface area contributed by atoms with Crippen LogP contribution in [0.2, 0.25) is 0 Å². The summed E-state index contributed by atoms with van der Waals surface area (Å²) >= 11 is 0. The van der Waals surface area contributed by atoms with Crippen LogP contribution in [0.5, 0.6) is 0 Å². The van der Waals surface area contributed by atoms with Gasteiger partial charge in [-0.05, 0) is 44.9 Å². The molecule has 13 heavy (non-hydrogen) atoms. The van der Waals surface area contributed by atoms with Gasteiger partial charge in [0.2, 0.25) is 0 Å². The monoisotopic (exact) mass is 184 g/mol. The third kappa shape index (κ3) is 4.10. The van der Waals surface area contributed by atoms with Crippen LogP contribution in [0.3, 0.4) is 0 Å². The van der Waals surface area contributed by atoms with E-state index in [-0.39, 0.29) is 0 Å². The minimum atomic E-state index is 0.833. The molecule has 1 aliphatic heterocycles. The highest BCUT2D eigenvalue weighted by Crippen LogP contribution is 2.12. The lowest BCUT2D eigenvalue weighted by Gasteiger charge is -2.14. The Morgan fingerprint density at radius 2 is 2.31 bits per heavy atom. The van der Waals surface area contributed by atoms with Gasteiger partial charge in [0, 0.05) is 6.54 Å². The maximum atomic E-state index is 3.57. The number of nitrogens with zero attached hydrogens (tertiary/aromatic N) is 1. The molecule has 2 heteroatoms. The number of nitrogens with one attached hydrogen (secondary N) is 1. The van der Waals surface area contributed by atoms with Crippen LogP contribution in [0, 0.1) is 11.8 Å². The zero-order valence-electron chi connectivity index (χ0n) is 9.34. The summed E-state index contributed by atoms with van der Waals surface area (Å²) in [5, 5.41) is 3.57. The Morgan fingerprint density at radius 3 is 2.85 bits per heavy atom. The summed E-state index contributed by atoms with van der Waals surface area (Å²) in [6.45, 7) is 9.55. The molecule has 1 aliphatic rings. The number of hydrogen-bond acceptors (Lipinski definition) is 2. The summed E-state index contributed by atoms with van der Waals surface area (Å²) in [6, 6.07) is 0. The molecule has 1 heterocycles. The first-order chi connectivity index (χ1) is 6.22. The number of likely N-dealkylation sites (tertiary alicyclic amines) is 1. The van der Waals surface area contributed by atoms with E-state index in [0.29, 0.717) is 0 Å². The van der Waals surface area contributed by atoms with Gasteiger partial charge in [-0.2, -0.15) is 0 Å². The SMILES string of the molecule is CCC(C)CNCC1CCN(C)C1. The van der Waals surface area contributed by atoms with Gasteiger partial charge in [-0.25, -0.2) is 0 Å². The lowest BCUT2D eigenvalue weighted by Crippen LogP contribution is -2.28. The summed E-state index contributed by atoms with van der Waals surface area (Å²) in [7, 11) is 2.22. The molecular weight excluding hydrogens is 160 g/mol. The highest BCUT2D eigenvalue weighted by atomic mass is 15.1. The number of hydrogen-bond donors (Lipinski definition) is 1. The summed E-state index contributed by atoms with van der Waals surface area (Å²) in [4.78, 5) is 2.43. The van der Waals surface area contributed by atoms with E-state index in [1.807, 2.05) is 0 Å². The smallest absolute Gasteiger partial charge is 0.00192 e. The Kier molecular flexibility index (Phi) is 4.74. The summed E-state index contributed by atoms with van der Waals surface area (Å²) in [6.07, 6.45) is 2.67. The van der Waals surface area contributed by atoms with Crippen molar-refractivity contribution >= 4 is 0 Å². The minimum absolute atomic E-state index is 0.833. The van der Waals surface area contributed by atoms with Crippen molar-refractivity contribution in [2.45, 2.75) is 26.7 Å². The van der Waals surface area contributed by atoms with Gasteiger partial charge in [0.1, 0.15) is 0 Å². The summed E-state index contributed by atoms with van der Waals surface area (Å²) < 4.78 is 0. The van der Waals surface area contributed by atoms with E-state index in [1.54, 1.807) is 0 Å². The molecule has 1 saturated heterocycles. The largest absolute Gasteiger partial charge is 0.316 e. The molecule has 2 atom stereocenters. The lowest BCUT2D eigenvalue weighted by molar-refractivity contribution is 0.382. The van der Waals surface area contributed by atoms with Gasteiger partial charge < -0.3 is 10.2 Å². The van der Waals surface area contributed by atoms with Crippen molar-refractivity contribution in [2.75, 3.05) is 33.2 Å². The first-order valence-corrected chi connectivity index (χ1v) is 5.61. The molecule has 2 nitrogen and oxygen atoms in total. The predicted molar refractivity (Wildman–Crippen MR) is 57.9 cm³/mol. The summed E-state index contributed by atoms with van der Waals surface area (Å²) in [5.41, 5.74) is 0. The predicted octanol–water partition coefficient (Wildman–Crippen LogP) is 1.57. The Labute approximate surface area is 82.7 Å². The first kappa shape index (κ1) is 11.0. The number of rotatable bonds is 5. The normalized spacial score (nSPS) is 26.5. The molecule has 0 aromatic rings. The van der Waals surface area contributed by atoms with E-state index in [4.69, 9.17) is 0 Å². The van der Waals surface area contributed by atoms with E-state index in [9.17, 15) is 0 Å². The second-order valence-corrected chi connectivity index (χ2v) is 4.59. The zero-order chi connectivity index (χ0) is 9.68. The molecule has 2 unspecified atom stereocenters. The Bertz CT molecular complexity index is 136. The molecule has 1 fully saturated rings. The van der Waals surface area contributed by atoms with Gasteiger partial charge in [0.25, 0.3) is 0 Å². The van der Waals surface area contributed by atoms with Crippen LogP contribution in [0.4, 0.5) is 0 Å². The molecule has 0 radical (unpaired) electrons. The lowest BCUT2D eigenvalue weighted by atomic mass is 10.1. The molecule has 0 saturated carbocycles. The van der Waals surface area contributed by atoms with E-state index in [0.717, 1.165) is 11.8 Å². The van der Waals surface area contributed by atoms with Crippen LogP contribution >= 0.6 is 0 Å². The van der Waals surface area contributed by atoms with Crippen molar-refractivity contribution in [1.29, 1.82) is 0 Å². The molecule has 0 spiro atoms. The fourth-order valence-electron chi connectivity index (χ4n) is 1.87. The summed E-state index contributed by atoms with van der Waals surface area (Å²) in [5.74, 6) is 1.73. The van der Waals surface area contributed by atoms with Crippen LogP contribution in [-0.4, -0.2) is 38.1 Å². The van der Waals surface area contributed by atoms with Crippen LogP contribution in [0.25, 0.3) is 0 Å². The van der Waals surface area contributed by atoms with Gasteiger partial charge in [-0.15, -0.1) is 0 Å². The van der Waals surface area contributed by atoms with Crippen molar-refractivity contribution in [3.63, 3.8) is 0 Å². The van der Waals surface area contributed by atoms with E-state index >= 15 is 0 Å². The van der Waals surface area contributed by atoms with Crippen molar-refractivity contribution in [2.24, 2.45) is 11.8 Å². The quantitative estimate of drug-likeness (QED) is 0.698. The molecule has 0 amide bonds. The maximum absolute atomic E-state index is 3.57. The molecule has 0 aromatic carbocycles. The van der Waals surface area contributed by atoms with Crippen LogP contribution in [-0.2, 0) is 0 Å². The van der Waals surface area contributed by atoms with E-state index in [2.05, 4.69) is 31.1 Å². The molecule has 1 rings (SSSR count).